The first kappa shape index (κ1) is 18.2. The molecule has 0 aromatic heterocycles. The maximum absolute atomic E-state index is 11.4. The van der Waals surface area contributed by atoms with Crippen LogP contribution in [0, 0.1) is 0 Å². The number of thioether (sulfide) groups is 2. The summed E-state index contributed by atoms with van der Waals surface area (Å²) in [5.41, 5.74) is 0.844. The zero-order valence-corrected chi connectivity index (χ0v) is 14.2. The van der Waals surface area contributed by atoms with Crippen LogP contribution in [0.4, 0.5) is 11.4 Å². The summed E-state index contributed by atoms with van der Waals surface area (Å²) in [6.07, 6.45) is 0. The Balaban J connectivity index is 3.39. The van der Waals surface area contributed by atoms with E-state index in [2.05, 4.69) is 10.6 Å². The van der Waals surface area contributed by atoms with Crippen molar-refractivity contribution < 1.29 is 19.2 Å². The molecule has 0 aliphatic rings. The molecule has 0 aliphatic heterocycles. The van der Waals surface area contributed by atoms with Crippen LogP contribution in [0.1, 0.15) is 27.7 Å². The molecule has 118 valence electrons. The van der Waals surface area contributed by atoms with Gasteiger partial charge in [0.25, 0.3) is 0 Å². The molecule has 0 bridgehead atoms. The predicted octanol–water partition coefficient (Wildman–Crippen LogP) is 2.88. The summed E-state index contributed by atoms with van der Waals surface area (Å²) in [7, 11) is 0. The van der Waals surface area contributed by atoms with E-state index in [1.54, 1.807) is 12.1 Å². The Morgan fingerprint density at radius 1 is 0.727 bits per heavy atom. The van der Waals surface area contributed by atoms with Crippen molar-refractivity contribution in [3.63, 3.8) is 0 Å². The van der Waals surface area contributed by atoms with E-state index in [1.807, 2.05) is 0 Å². The average Bonchev–Trinajstić information content (AvgIpc) is 2.31. The number of hydrogen-bond acceptors (Lipinski definition) is 6. The van der Waals surface area contributed by atoms with E-state index < -0.39 is 0 Å². The molecule has 6 nitrogen and oxygen atoms in total. The number of amides is 2. The lowest BCUT2D eigenvalue weighted by Crippen LogP contribution is -2.10. The van der Waals surface area contributed by atoms with Crippen molar-refractivity contribution in [3.8, 4) is 0 Å². The smallest absolute Gasteiger partial charge is 0.221 e. The minimum atomic E-state index is -0.295. The summed E-state index contributed by atoms with van der Waals surface area (Å²) < 4.78 is 0. The lowest BCUT2D eigenvalue weighted by molar-refractivity contribution is -0.115. The summed E-state index contributed by atoms with van der Waals surface area (Å²) >= 11 is 1.87. The molecule has 0 fully saturated rings. The van der Waals surface area contributed by atoms with Crippen LogP contribution in [0.2, 0.25) is 0 Å². The molecule has 0 spiro atoms. The first-order valence-corrected chi connectivity index (χ1v) is 7.92. The molecule has 0 radical (unpaired) electrons. The quantitative estimate of drug-likeness (QED) is 0.819. The van der Waals surface area contributed by atoms with Gasteiger partial charge < -0.3 is 10.6 Å². The lowest BCUT2D eigenvalue weighted by atomic mass is 10.2. The molecule has 0 heterocycles. The monoisotopic (exact) mass is 340 g/mol. The number of rotatable bonds is 4. The number of carbonyl (C=O) groups excluding carboxylic acids is 4. The van der Waals surface area contributed by atoms with Crippen LogP contribution in [-0.2, 0) is 19.2 Å². The number of benzene rings is 1. The highest BCUT2D eigenvalue weighted by molar-refractivity contribution is 8.14. The van der Waals surface area contributed by atoms with Crippen LogP contribution in [0.3, 0.4) is 0 Å². The summed E-state index contributed by atoms with van der Waals surface area (Å²) in [6.45, 7) is 5.50. The van der Waals surface area contributed by atoms with E-state index in [0.717, 1.165) is 23.5 Å². The van der Waals surface area contributed by atoms with Crippen LogP contribution in [0.5, 0.6) is 0 Å². The third-order valence-corrected chi connectivity index (χ3v) is 3.90. The third kappa shape index (κ3) is 5.90. The second kappa shape index (κ2) is 8.00. The molecule has 2 amide bonds. The second-order valence-electron chi connectivity index (χ2n) is 4.39. The van der Waals surface area contributed by atoms with Gasteiger partial charge in [0.15, 0.2) is 10.2 Å². The molecule has 8 heteroatoms. The van der Waals surface area contributed by atoms with Crippen LogP contribution in [0.15, 0.2) is 21.9 Å². The van der Waals surface area contributed by atoms with Gasteiger partial charge in [-0.3, -0.25) is 19.2 Å². The first-order chi connectivity index (χ1) is 10.2. The van der Waals surface area contributed by atoms with E-state index in [-0.39, 0.29) is 22.0 Å². The Morgan fingerprint density at radius 3 is 1.27 bits per heavy atom. The highest BCUT2D eigenvalue weighted by atomic mass is 32.2. The average molecular weight is 340 g/mol. The summed E-state index contributed by atoms with van der Waals surface area (Å²) in [4.78, 5) is 46.3. The van der Waals surface area contributed by atoms with Crippen molar-refractivity contribution in [1.82, 2.24) is 0 Å². The Labute approximate surface area is 136 Å². The van der Waals surface area contributed by atoms with Gasteiger partial charge in [0.1, 0.15) is 0 Å². The fraction of sp³-hybridized carbons (Fsp3) is 0.286. The van der Waals surface area contributed by atoms with E-state index in [4.69, 9.17) is 0 Å². The zero-order chi connectivity index (χ0) is 16.9. The van der Waals surface area contributed by atoms with Gasteiger partial charge in [-0.05, 0) is 35.7 Å². The molecule has 0 saturated heterocycles. The van der Waals surface area contributed by atoms with Crippen molar-refractivity contribution in [2.24, 2.45) is 0 Å². The van der Waals surface area contributed by atoms with E-state index in [0.29, 0.717) is 21.2 Å². The van der Waals surface area contributed by atoms with Crippen molar-refractivity contribution >= 4 is 56.9 Å². The topological polar surface area (TPSA) is 92.3 Å². The molecule has 22 heavy (non-hydrogen) atoms. The third-order valence-electron chi connectivity index (χ3n) is 2.21. The Morgan fingerprint density at radius 2 is 1.05 bits per heavy atom. The Kier molecular flexibility index (Phi) is 6.63. The predicted molar refractivity (Wildman–Crippen MR) is 88.1 cm³/mol. The van der Waals surface area contributed by atoms with E-state index >= 15 is 0 Å². The van der Waals surface area contributed by atoms with Gasteiger partial charge in [0.2, 0.25) is 11.8 Å². The SMILES string of the molecule is CC(=O)Nc1cc(SC(C)=O)c(NC(C)=O)cc1SC(C)=O. The minimum Gasteiger partial charge on any atom is -0.325 e. The zero-order valence-electron chi connectivity index (χ0n) is 12.6. The van der Waals surface area contributed by atoms with Crippen LogP contribution in [-0.4, -0.2) is 22.0 Å². The largest absolute Gasteiger partial charge is 0.325 e. The first-order valence-electron chi connectivity index (χ1n) is 6.29. The molecule has 0 unspecified atom stereocenters. The lowest BCUT2D eigenvalue weighted by Gasteiger charge is -2.15. The molecule has 2 N–H and O–H groups in total. The highest BCUT2D eigenvalue weighted by Gasteiger charge is 2.15. The van der Waals surface area contributed by atoms with Gasteiger partial charge in [0.05, 0.1) is 11.4 Å². The van der Waals surface area contributed by atoms with Crippen molar-refractivity contribution in [1.29, 1.82) is 0 Å². The van der Waals surface area contributed by atoms with E-state index in [1.165, 1.54) is 27.7 Å². The number of carbonyl (C=O) groups is 4. The molecule has 0 saturated carbocycles. The molecule has 1 aromatic rings. The van der Waals surface area contributed by atoms with Gasteiger partial charge in [-0.1, -0.05) is 0 Å². The highest BCUT2D eigenvalue weighted by Crippen LogP contribution is 2.38. The molecule has 0 aliphatic carbocycles. The van der Waals surface area contributed by atoms with Gasteiger partial charge in [-0.2, -0.15) is 0 Å². The summed E-state index contributed by atoms with van der Waals surface area (Å²) in [6, 6.07) is 3.15. The Bertz CT molecular complexity index is 538. The number of nitrogens with one attached hydrogen (secondary N) is 2. The van der Waals surface area contributed by atoms with Crippen molar-refractivity contribution in [2.75, 3.05) is 10.6 Å². The van der Waals surface area contributed by atoms with Crippen LogP contribution < -0.4 is 10.6 Å². The normalized spacial score (nSPS) is 10.0. The summed E-state index contributed by atoms with van der Waals surface area (Å²) in [5, 5.41) is 4.93. The van der Waals surface area contributed by atoms with Gasteiger partial charge >= 0.3 is 0 Å². The standard InChI is InChI=1S/C14H16N2O4S2/c1-7(17)15-11-5-14(22-10(4)20)12(16-8(2)18)6-13(11)21-9(3)19/h5-6H,1-4H3,(H,15,17)(H,16,18). The van der Waals surface area contributed by atoms with Gasteiger partial charge in [-0.25, -0.2) is 0 Å². The fourth-order valence-electron chi connectivity index (χ4n) is 1.61. The summed E-state index contributed by atoms with van der Waals surface area (Å²) in [5.74, 6) is -0.590. The number of hydrogen-bond donors (Lipinski definition) is 2. The van der Waals surface area contributed by atoms with Gasteiger partial charge in [-0.15, -0.1) is 0 Å². The second-order valence-corrected chi connectivity index (χ2v) is 6.83. The molecule has 1 aromatic carbocycles. The molecular weight excluding hydrogens is 324 g/mol. The Hall–Kier alpha value is -1.80. The molecular formula is C14H16N2O4S2. The molecule has 1 rings (SSSR count). The minimum absolute atomic E-state index is 0.160. The maximum atomic E-state index is 11.4. The van der Waals surface area contributed by atoms with Crippen molar-refractivity contribution in [2.45, 2.75) is 37.5 Å². The van der Waals surface area contributed by atoms with Crippen LogP contribution in [0.25, 0.3) is 0 Å². The maximum Gasteiger partial charge on any atom is 0.221 e. The molecule has 0 atom stereocenters. The van der Waals surface area contributed by atoms with E-state index in [9.17, 15) is 19.2 Å². The van der Waals surface area contributed by atoms with Crippen molar-refractivity contribution in [3.05, 3.63) is 12.1 Å². The van der Waals surface area contributed by atoms with Gasteiger partial charge in [0, 0.05) is 37.5 Å². The number of anilines is 2. The van der Waals surface area contributed by atoms with Crippen LogP contribution >= 0.6 is 23.5 Å². The fourth-order valence-corrected chi connectivity index (χ4v) is 3.03.